The van der Waals surface area contributed by atoms with Gasteiger partial charge in [-0.25, -0.2) is 4.79 Å². The van der Waals surface area contributed by atoms with E-state index in [9.17, 15) is 19.2 Å². The molecule has 7 nitrogen and oxygen atoms in total. The molecule has 1 aliphatic heterocycles. The molecule has 0 atom stereocenters. The number of carbonyl (C=O) groups is 4. The molecule has 3 aromatic carbocycles. The van der Waals surface area contributed by atoms with Crippen LogP contribution >= 0.6 is 34.5 Å². The Morgan fingerprint density at radius 1 is 0.944 bits per heavy atom. The van der Waals surface area contributed by atoms with Crippen LogP contribution in [0.15, 0.2) is 66.7 Å². The number of nitrogens with zero attached hydrogens (tertiary/aromatic N) is 2. The second kappa shape index (κ2) is 9.39. The Balaban J connectivity index is 1.63. The number of hydrogen-bond acceptors (Lipinski definition) is 6. The highest BCUT2D eigenvalue weighted by molar-refractivity contribution is 7.21. The second-order valence-corrected chi connectivity index (χ2v) is 9.72. The molecule has 0 aliphatic carbocycles. The molecule has 3 amide bonds. The Kier molecular flexibility index (Phi) is 6.26. The van der Waals surface area contributed by atoms with Crippen LogP contribution in [0.25, 0.3) is 10.1 Å². The maximum Gasteiger partial charge on any atom is 0.339 e. The van der Waals surface area contributed by atoms with Crippen LogP contribution in [-0.4, -0.2) is 42.4 Å². The lowest BCUT2D eigenvalue weighted by molar-refractivity contribution is 0.0601. The van der Waals surface area contributed by atoms with Crippen LogP contribution in [0.1, 0.15) is 40.7 Å². The Bertz CT molecular complexity index is 1550. The summed E-state index contributed by atoms with van der Waals surface area (Å²) in [4.78, 5) is 55.0. The lowest BCUT2D eigenvalue weighted by atomic mass is 10.1. The van der Waals surface area contributed by atoms with Crippen molar-refractivity contribution in [2.75, 3.05) is 18.7 Å². The van der Waals surface area contributed by atoms with E-state index < -0.39 is 30.4 Å². The van der Waals surface area contributed by atoms with Gasteiger partial charge in [0.25, 0.3) is 17.7 Å². The summed E-state index contributed by atoms with van der Waals surface area (Å²) in [6.45, 7) is -0.440. The average molecular weight is 539 g/mol. The number of methoxy groups -OCH3 is 1. The number of anilines is 1. The molecule has 0 spiro atoms. The van der Waals surface area contributed by atoms with E-state index in [1.807, 2.05) is 0 Å². The van der Waals surface area contributed by atoms with Crippen molar-refractivity contribution in [2.24, 2.45) is 0 Å². The molecule has 0 saturated heterocycles. The minimum absolute atomic E-state index is 0.0882. The molecule has 36 heavy (non-hydrogen) atoms. The van der Waals surface area contributed by atoms with Gasteiger partial charge < -0.3 is 4.74 Å². The van der Waals surface area contributed by atoms with Gasteiger partial charge in [-0.3, -0.25) is 24.2 Å². The first kappa shape index (κ1) is 24.0. The first-order valence-corrected chi connectivity index (χ1v) is 12.2. The minimum atomic E-state index is -0.681. The SMILES string of the molecule is COC(=O)c1ccccc1N(CN1C(=O)c2ccccc2C1=O)C(=O)c1sc2cc(Cl)ccc2c1Cl. The number of benzene rings is 3. The van der Waals surface area contributed by atoms with Gasteiger partial charge in [-0.1, -0.05) is 53.5 Å². The summed E-state index contributed by atoms with van der Waals surface area (Å²) in [5.41, 5.74) is 0.735. The van der Waals surface area contributed by atoms with E-state index in [0.717, 1.165) is 16.2 Å². The molecule has 180 valence electrons. The van der Waals surface area contributed by atoms with Crippen molar-refractivity contribution >= 4 is 74.0 Å². The molecule has 4 aromatic rings. The lowest BCUT2D eigenvalue weighted by Gasteiger charge is -2.28. The van der Waals surface area contributed by atoms with E-state index in [1.54, 1.807) is 60.7 Å². The summed E-state index contributed by atoms with van der Waals surface area (Å²) in [5, 5.41) is 1.33. The standard InChI is InChI=1S/C26H16Cl2N2O5S/c1-35-26(34)17-8-4-5-9-19(17)29(13-30-23(31)15-6-2-3-7-16(15)24(30)32)25(33)22-21(28)18-11-10-14(27)12-20(18)36-22/h2-12H,13H2,1H3. The van der Waals surface area contributed by atoms with Crippen LogP contribution in [0.4, 0.5) is 5.69 Å². The van der Waals surface area contributed by atoms with Gasteiger partial charge in [-0.05, 0) is 36.4 Å². The van der Waals surface area contributed by atoms with Crippen molar-refractivity contribution in [3.05, 3.63) is 98.3 Å². The fourth-order valence-corrected chi connectivity index (χ4v) is 5.79. The zero-order valence-corrected chi connectivity index (χ0v) is 21.0. The van der Waals surface area contributed by atoms with Crippen molar-refractivity contribution in [2.45, 2.75) is 0 Å². The van der Waals surface area contributed by atoms with Crippen molar-refractivity contribution in [1.29, 1.82) is 0 Å². The van der Waals surface area contributed by atoms with Crippen LogP contribution in [0, 0.1) is 0 Å². The Labute approximate surface area is 219 Å². The van der Waals surface area contributed by atoms with E-state index in [4.69, 9.17) is 27.9 Å². The lowest BCUT2D eigenvalue weighted by Crippen LogP contribution is -2.44. The number of imide groups is 1. The Morgan fingerprint density at radius 3 is 2.25 bits per heavy atom. The van der Waals surface area contributed by atoms with E-state index in [-0.39, 0.29) is 32.3 Å². The maximum absolute atomic E-state index is 14.0. The van der Waals surface area contributed by atoms with E-state index in [0.29, 0.717) is 15.1 Å². The molecular formula is C26H16Cl2N2O5S. The van der Waals surface area contributed by atoms with Crippen LogP contribution in [0.5, 0.6) is 0 Å². The van der Waals surface area contributed by atoms with Crippen LogP contribution in [0.3, 0.4) is 0 Å². The Hall–Kier alpha value is -3.72. The largest absolute Gasteiger partial charge is 0.465 e. The topological polar surface area (TPSA) is 84.0 Å². The summed E-state index contributed by atoms with van der Waals surface area (Å²) >= 11 is 13.8. The van der Waals surface area contributed by atoms with Crippen LogP contribution < -0.4 is 4.90 Å². The number of esters is 1. The number of halogens is 2. The summed E-state index contributed by atoms with van der Waals surface area (Å²) in [7, 11) is 1.22. The summed E-state index contributed by atoms with van der Waals surface area (Å²) in [5.74, 6) is -2.36. The van der Waals surface area contributed by atoms with Gasteiger partial charge in [-0.15, -0.1) is 11.3 Å². The zero-order chi connectivity index (χ0) is 25.6. The quantitative estimate of drug-likeness (QED) is 0.233. The first-order chi connectivity index (χ1) is 17.3. The highest BCUT2D eigenvalue weighted by atomic mass is 35.5. The third-order valence-electron chi connectivity index (χ3n) is 5.79. The van der Waals surface area contributed by atoms with Gasteiger partial charge in [0.05, 0.1) is 34.5 Å². The van der Waals surface area contributed by atoms with E-state index >= 15 is 0 Å². The Morgan fingerprint density at radius 2 is 1.58 bits per heavy atom. The smallest absolute Gasteiger partial charge is 0.339 e. The molecule has 0 fully saturated rings. The molecule has 0 radical (unpaired) electrons. The molecule has 5 rings (SSSR count). The third kappa shape index (κ3) is 3.93. The summed E-state index contributed by atoms with van der Waals surface area (Å²) in [6.07, 6.45) is 0. The highest BCUT2D eigenvalue weighted by Gasteiger charge is 2.38. The van der Waals surface area contributed by atoms with Gasteiger partial charge in [-0.2, -0.15) is 0 Å². The maximum atomic E-state index is 14.0. The van der Waals surface area contributed by atoms with E-state index in [2.05, 4.69) is 0 Å². The van der Waals surface area contributed by atoms with Crippen molar-refractivity contribution in [3.63, 3.8) is 0 Å². The molecule has 10 heteroatoms. The van der Waals surface area contributed by atoms with Gasteiger partial charge in [0.2, 0.25) is 0 Å². The fourth-order valence-electron chi connectivity index (χ4n) is 4.05. The van der Waals surface area contributed by atoms with Gasteiger partial charge in [0.1, 0.15) is 11.5 Å². The van der Waals surface area contributed by atoms with Crippen molar-refractivity contribution < 1.29 is 23.9 Å². The van der Waals surface area contributed by atoms with Gasteiger partial charge >= 0.3 is 5.97 Å². The highest BCUT2D eigenvalue weighted by Crippen LogP contribution is 2.39. The monoisotopic (exact) mass is 538 g/mol. The number of carbonyl (C=O) groups excluding carboxylic acids is 4. The van der Waals surface area contributed by atoms with Crippen molar-refractivity contribution in [1.82, 2.24) is 4.90 Å². The van der Waals surface area contributed by atoms with Crippen molar-refractivity contribution in [3.8, 4) is 0 Å². The second-order valence-electron chi connectivity index (χ2n) is 7.85. The number of amides is 3. The molecular weight excluding hydrogens is 523 g/mol. The molecule has 1 aromatic heterocycles. The zero-order valence-electron chi connectivity index (χ0n) is 18.7. The summed E-state index contributed by atoms with van der Waals surface area (Å²) in [6, 6.07) is 17.8. The van der Waals surface area contributed by atoms with Gasteiger partial charge in [0.15, 0.2) is 0 Å². The molecule has 0 bridgehead atoms. The number of ether oxygens (including phenoxy) is 1. The number of hydrogen-bond donors (Lipinski definition) is 0. The number of thiophene rings is 1. The molecule has 0 N–H and O–H groups in total. The third-order valence-corrected chi connectivity index (χ3v) is 7.67. The number of rotatable bonds is 5. The van der Waals surface area contributed by atoms with Crippen LogP contribution in [-0.2, 0) is 4.74 Å². The van der Waals surface area contributed by atoms with E-state index in [1.165, 1.54) is 18.1 Å². The molecule has 0 saturated carbocycles. The molecule has 1 aliphatic rings. The molecule has 2 heterocycles. The predicted molar refractivity (Wildman–Crippen MR) is 138 cm³/mol. The van der Waals surface area contributed by atoms with Crippen LogP contribution in [0.2, 0.25) is 10.0 Å². The predicted octanol–water partition coefficient (Wildman–Crippen LogP) is 5.90. The number of fused-ring (bicyclic) bond motifs is 2. The fraction of sp³-hybridized carbons (Fsp3) is 0.0769. The first-order valence-electron chi connectivity index (χ1n) is 10.6. The molecule has 0 unspecified atom stereocenters. The van der Waals surface area contributed by atoms with Gasteiger partial charge in [0, 0.05) is 15.1 Å². The minimum Gasteiger partial charge on any atom is -0.465 e. The average Bonchev–Trinajstić information content (AvgIpc) is 3.34. The number of para-hydroxylation sites is 1. The normalized spacial score (nSPS) is 12.7. The summed E-state index contributed by atoms with van der Waals surface area (Å²) < 4.78 is 5.59.